The molecule has 2 aromatic carbocycles. The van der Waals surface area contributed by atoms with Gasteiger partial charge in [-0.15, -0.1) is 0 Å². The highest BCUT2D eigenvalue weighted by atomic mass is 16.2. The topological polar surface area (TPSA) is 49.4 Å². The summed E-state index contributed by atoms with van der Waals surface area (Å²) >= 11 is 0. The lowest BCUT2D eigenvalue weighted by Gasteiger charge is -2.41. The van der Waals surface area contributed by atoms with Crippen LogP contribution in [0.2, 0.25) is 0 Å². The molecular weight excluding hydrogens is 336 g/mol. The van der Waals surface area contributed by atoms with Crippen molar-refractivity contribution >= 4 is 22.6 Å². The molecular formula is C23H28N2O2. The molecule has 0 spiro atoms. The number of benzene rings is 2. The molecule has 0 aromatic heterocycles. The monoisotopic (exact) mass is 364 g/mol. The van der Waals surface area contributed by atoms with Crippen LogP contribution in [0.1, 0.15) is 48.9 Å². The van der Waals surface area contributed by atoms with Gasteiger partial charge in [-0.1, -0.05) is 49.6 Å². The average molecular weight is 364 g/mol. The molecule has 1 aliphatic heterocycles. The Morgan fingerprint density at radius 2 is 1.74 bits per heavy atom. The summed E-state index contributed by atoms with van der Waals surface area (Å²) in [4.78, 5) is 27.0. The zero-order valence-electron chi connectivity index (χ0n) is 15.8. The molecule has 4 rings (SSSR count). The number of likely N-dealkylation sites (tertiary alicyclic amines) is 1. The fourth-order valence-corrected chi connectivity index (χ4v) is 4.70. The van der Waals surface area contributed by atoms with E-state index in [2.05, 4.69) is 5.32 Å². The number of fused-ring (bicyclic) bond motifs is 2. The number of carbonyl (C=O) groups excluding carboxylic acids is 2. The molecule has 2 aliphatic rings. The second-order valence-electron chi connectivity index (χ2n) is 8.00. The first kappa shape index (κ1) is 18.0. The zero-order valence-corrected chi connectivity index (χ0v) is 15.8. The Morgan fingerprint density at radius 3 is 2.59 bits per heavy atom. The number of piperidine rings is 1. The Balaban J connectivity index is 1.27. The Hall–Kier alpha value is -2.36. The lowest BCUT2D eigenvalue weighted by molar-refractivity contribution is -0.134. The fourth-order valence-electron chi connectivity index (χ4n) is 4.70. The Labute approximate surface area is 160 Å². The van der Waals surface area contributed by atoms with Crippen molar-refractivity contribution in [1.82, 2.24) is 10.2 Å². The van der Waals surface area contributed by atoms with Crippen molar-refractivity contribution in [1.29, 1.82) is 0 Å². The van der Waals surface area contributed by atoms with E-state index in [0.717, 1.165) is 36.2 Å². The highest BCUT2D eigenvalue weighted by Gasteiger charge is 2.32. The van der Waals surface area contributed by atoms with Gasteiger partial charge in [0.2, 0.25) is 5.91 Å². The van der Waals surface area contributed by atoms with E-state index >= 15 is 0 Å². The summed E-state index contributed by atoms with van der Waals surface area (Å²) in [6.07, 6.45) is 6.82. The first-order valence-electron chi connectivity index (χ1n) is 10.3. The van der Waals surface area contributed by atoms with Crippen LogP contribution in [0, 0.1) is 11.8 Å². The average Bonchev–Trinajstić information content (AvgIpc) is 2.72. The van der Waals surface area contributed by atoms with E-state index in [1.54, 1.807) is 0 Å². The standard InChI is InChI=1S/C23H28N2O2/c26-22(25-14-12-18-6-2-4-8-21(18)16-25)11-13-24-23(27)20-10-9-17-5-1-3-7-19(17)15-20/h1,3,5,7,9-10,15,18,21H,2,4,6,8,11-14,16H2,(H,24,27). The SMILES string of the molecule is O=C(NCCC(=O)N1CCC2CCCCC2C1)c1ccc2ccccc2c1. The Kier molecular flexibility index (Phi) is 5.42. The molecule has 4 heteroatoms. The Morgan fingerprint density at radius 1 is 0.963 bits per heavy atom. The van der Waals surface area contributed by atoms with Gasteiger partial charge in [0.05, 0.1) is 0 Å². The van der Waals surface area contributed by atoms with E-state index in [1.807, 2.05) is 47.4 Å². The fraction of sp³-hybridized carbons (Fsp3) is 0.478. The van der Waals surface area contributed by atoms with Gasteiger partial charge in [0.15, 0.2) is 0 Å². The van der Waals surface area contributed by atoms with Gasteiger partial charge in [-0.05, 0) is 47.6 Å². The van der Waals surface area contributed by atoms with Gasteiger partial charge in [-0.2, -0.15) is 0 Å². The third kappa shape index (κ3) is 4.15. The van der Waals surface area contributed by atoms with Gasteiger partial charge >= 0.3 is 0 Å². The number of rotatable bonds is 4. The molecule has 27 heavy (non-hydrogen) atoms. The molecule has 2 unspecified atom stereocenters. The van der Waals surface area contributed by atoms with Crippen LogP contribution in [0.4, 0.5) is 0 Å². The molecule has 1 saturated heterocycles. The summed E-state index contributed by atoms with van der Waals surface area (Å²) in [6.45, 7) is 2.20. The van der Waals surface area contributed by atoms with Crippen LogP contribution < -0.4 is 5.32 Å². The molecule has 1 heterocycles. The molecule has 1 saturated carbocycles. The minimum Gasteiger partial charge on any atom is -0.352 e. The van der Waals surface area contributed by atoms with Crippen molar-refractivity contribution in [3.05, 3.63) is 48.0 Å². The molecule has 0 radical (unpaired) electrons. The van der Waals surface area contributed by atoms with Crippen molar-refractivity contribution in [3.63, 3.8) is 0 Å². The van der Waals surface area contributed by atoms with Gasteiger partial charge in [-0.3, -0.25) is 9.59 Å². The van der Waals surface area contributed by atoms with Crippen molar-refractivity contribution < 1.29 is 9.59 Å². The predicted molar refractivity (Wildman–Crippen MR) is 108 cm³/mol. The normalized spacial score (nSPS) is 22.3. The molecule has 2 fully saturated rings. The van der Waals surface area contributed by atoms with Crippen LogP contribution in [0.5, 0.6) is 0 Å². The number of amides is 2. The number of nitrogens with one attached hydrogen (secondary N) is 1. The molecule has 4 nitrogen and oxygen atoms in total. The van der Waals surface area contributed by atoms with Crippen molar-refractivity contribution in [2.45, 2.75) is 38.5 Å². The third-order valence-electron chi connectivity index (χ3n) is 6.28. The van der Waals surface area contributed by atoms with Crippen LogP contribution in [0.25, 0.3) is 10.8 Å². The molecule has 142 valence electrons. The van der Waals surface area contributed by atoms with Crippen LogP contribution in [0.3, 0.4) is 0 Å². The van der Waals surface area contributed by atoms with Crippen molar-refractivity contribution in [2.75, 3.05) is 19.6 Å². The molecule has 2 amide bonds. The maximum atomic E-state index is 12.5. The van der Waals surface area contributed by atoms with Gasteiger partial charge in [-0.25, -0.2) is 0 Å². The minimum atomic E-state index is -0.112. The zero-order chi connectivity index (χ0) is 18.6. The molecule has 2 aromatic rings. The van der Waals surface area contributed by atoms with E-state index in [1.165, 1.54) is 25.7 Å². The largest absolute Gasteiger partial charge is 0.352 e. The quantitative estimate of drug-likeness (QED) is 0.891. The van der Waals surface area contributed by atoms with E-state index in [0.29, 0.717) is 24.4 Å². The molecule has 2 atom stereocenters. The van der Waals surface area contributed by atoms with Crippen LogP contribution in [-0.2, 0) is 4.79 Å². The van der Waals surface area contributed by atoms with E-state index in [9.17, 15) is 9.59 Å². The summed E-state index contributed by atoms with van der Waals surface area (Å²) < 4.78 is 0. The highest BCUT2D eigenvalue weighted by Crippen LogP contribution is 2.36. The lowest BCUT2D eigenvalue weighted by Crippen LogP contribution is -2.45. The van der Waals surface area contributed by atoms with Crippen LogP contribution >= 0.6 is 0 Å². The van der Waals surface area contributed by atoms with E-state index < -0.39 is 0 Å². The minimum absolute atomic E-state index is 0.112. The van der Waals surface area contributed by atoms with Gasteiger partial charge in [0.1, 0.15) is 0 Å². The second kappa shape index (κ2) is 8.12. The van der Waals surface area contributed by atoms with Gasteiger partial charge in [0.25, 0.3) is 5.91 Å². The number of hydrogen-bond acceptors (Lipinski definition) is 2. The van der Waals surface area contributed by atoms with Crippen molar-refractivity contribution in [3.8, 4) is 0 Å². The van der Waals surface area contributed by atoms with Crippen LogP contribution in [0.15, 0.2) is 42.5 Å². The summed E-state index contributed by atoms with van der Waals surface area (Å²) in [5.41, 5.74) is 0.643. The molecule has 1 N–H and O–H groups in total. The molecule has 0 bridgehead atoms. The van der Waals surface area contributed by atoms with Gasteiger partial charge < -0.3 is 10.2 Å². The third-order valence-corrected chi connectivity index (χ3v) is 6.28. The summed E-state index contributed by atoms with van der Waals surface area (Å²) in [5.74, 6) is 1.59. The highest BCUT2D eigenvalue weighted by molar-refractivity contribution is 5.98. The summed E-state index contributed by atoms with van der Waals surface area (Å²) in [6, 6.07) is 13.7. The predicted octanol–water partition coefficient (Wildman–Crippen LogP) is 4.00. The number of hydrogen-bond donors (Lipinski definition) is 1. The summed E-state index contributed by atoms with van der Waals surface area (Å²) in [7, 11) is 0. The molecule has 1 aliphatic carbocycles. The summed E-state index contributed by atoms with van der Waals surface area (Å²) in [5, 5.41) is 5.08. The van der Waals surface area contributed by atoms with Crippen LogP contribution in [-0.4, -0.2) is 36.3 Å². The first-order valence-corrected chi connectivity index (χ1v) is 10.3. The second-order valence-corrected chi connectivity index (χ2v) is 8.00. The van der Waals surface area contributed by atoms with Crippen molar-refractivity contribution in [2.24, 2.45) is 11.8 Å². The van der Waals surface area contributed by atoms with E-state index in [4.69, 9.17) is 0 Å². The number of nitrogens with zero attached hydrogens (tertiary/aromatic N) is 1. The number of carbonyl (C=O) groups is 2. The first-order chi connectivity index (χ1) is 13.2. The van der Waals surface area contributed by atoms with E-state index in [-0.39, 0.29) is 11.8 Å². The maximum Gasteiger partial charge on any atom is 0.251 e. The maximum absolute atomic E-state index is 12.5. The Bertz CT molecular complexity index is 832. The van der Waals surface area contributed by atoms with Gasteiger partial charge in [0, 0.05) is 31.6 Å². The lowest BCUT2D eigenvalue weighted by atomic mass is 9.75. The smallest absolute Gasteiger partial charge is 0.251 e.